The van der Waals surface area contributed by atoms with Gasteiger partial charge < -0.3 is 10.6 Å². The summed E-state index contributed by atoms with van der Waals surface area (Å²) in [4.78, 5) is 14.4. The van der Waals surface area contributed by atoms with Crippen LogP contribution in [0.4, 0.5) is 15.8 Å². The Morgan fingerprint density at radius 3 is 2.46 bits per heavy atom. The molecule has 2 heterocycles. The van der Waals surface area contributed by atoms with E-state index in [9.17, 15) is 9.18 Å². The fourth-order valence-corrected chi connectivity index (χ4v) is 4.92. The molecule has 0 amide bonds. The van der Waals surface area contributed by atoms with Gasteiger partial charge in [0.25, 0.3) is 0 Å². The van der Waals surface area contributed by atoms with Crippen LogP contribution in [0.15, 0.2) is 77.3 Å². The summed E-state index contributed by atoms with van der Waals surface area (Å²) in [6.07, 6.45) is 1.16. The van der Waals surface area contributed by atoms with Crippen LogP contribution in [0.3, 0.4) is 0 Å². The fraction of sp³-hybridized carbons (Fsp3) is 0.174. The van der Waals surface area contributed by atoms with Gasteiger partial charge in [-0.15, -0.1) is 11.3 Å². The smallest absolute Gasteiger partial charge is 0.163 e. The number of anilines is 2. The van der Waals surface area contributed by atoms with Gasteiger partial charge in [-0.05, 0) is 53.6 Å². The fourth-order valence-electron chi connectivity index (χ4n) is 4.13. The van der Waals surface area contributed by atoms with E-state index >= 15 is 0 Å². The van der Waals surface area contributed by atoms with Crippen molar-refractivity contribution in [3.63, 3.8) is 0 Å². The predicted octanol–water partition coefficient (Wildman–Crippen LogP) is 5.87. The highest BCUT2D eigenvalue weighted by Gasteiger charge is 2.36. The lowest BCUT2D eigenvalue weighted by atomic mass is 9.79. The lowest BCUT2D eigenvalue weighted by Gasteiger charge is -2.29. The maximum atomic E-state index is 13.3. The molecule has 3 aromatic rings. The monoisotopic (exact) mass is 390 g/mol. The van der Waals surface area contributed by atoms with Crippen LogP contribution in [-0.4, -0.2) is 5.78 Å². The molecule has 1 aliphatic carbocycles. The van der Waals surface area contributed by atoms with Gasteiger partial charge in [-0.2, -0.15) is 0 Å². The Morgan fingerprint density at radius 1 is 0.929 bits per heavy atom. The van der Waals surface area contributed by atoms with Crippen LogP contribution in [0.5, 0.6) is 0 Å². The molecule has 2 aliphatic rings. The van der Waals surface area contributed by atoms with Crippen molar-refractivity contribution in [3.8, 4) is 0 Å². The summed E-state index contributed by atoms with van der Waals surface area (Å²) >= 11 is 1.65. The molecule has 1 aliphatic heterocycles. The van der Waals surface area contributed by atoms with E-state index in [0.717, 1.165) is 39.5 Å². The van der Waals surface area contributed by atoms with Crippen LogP contribution < -0.4 is 10.6 Å². The number of Topliss-reactive ketones (excluding diaryl/α,β-unsaturated/α-hetero) is 1. The highest BCUT2D eigenvalue weighted by Crippen LogP contribution is 2.44. The molecule has 28 heavy (non-hydrogen) atoms. The van der Waals surface area contributed by atoms with Gasteiger partial charge >= 0.3 is 0 Å². The molecular weight excluding hydrogens is 371 g/mol. The highest BCUT2D eigenvalue weighted by molar-refractivity contribution is 7.10. The minimum absolute atomic E-state index is 0.0496. The van der Waals surface area contributed by atoms with Crippen molar-refractivity contribution in [1.29, 1.82) is 0 Å². The summed E-state index contributed by atoms with van der Waals surface area (Å²) in [5.41, 5.74) is 4.74. The molecule has 5 heteroatoms. The molecule has 0 saturated heterocycles. The number of carbonyl (C=O) groups excluding carboxylic acids is 1. The third-order valence-corrected chi connectivity index (χ3v) is 6.42. The van der Waals surface area contributed by atoms with Crippen molar-refractivity contribution in [2.75, 3.05) is 10.6 Å². The van der Waals surface area contributed by atoms with Crippen molar-refractivity contribution < 1.29 is 9.18 Å². The normalized spacial score (nSPS) is 21.2. The second kappa shape index (κ2) is 6.91. The summed E-state index contributed by atoms with van der Waals surface area (Å²) in [6, 6.07) is 18.5. The van der Waals surface area contributed by atoms with Gasteiger partial charge in [0.05, 0.1) is 17.4 Å². The third kappa shape index (κ3) is 3.02. The summed E-state index contributed by atoms with van der Waals surface area (Å²) in [5, 5.41) is 9.13. The quantitative estimate of drug-likeness (QED) is 0.575. The summed E-state index contributed by atoms with van der Waals surface area (Å²) in [7, 11) is 0. The second-order valence-corrected chi connectivity index (χ2v) is 8.21. The van der Waals surface area contributed by atoms with Crippen LogP contribution in [0.1, 0.15) is 35.2 Å². The third-order valence-electron chi connectivity index (χ3n) is 5.48. The molecule has 0 saturated carbocycles. The van der Waals surface area contributed by atoms with Crippen molar-refractivity contribution in [2.24, 2.45) is 0 Å². The molecule has 0 bridgehead atoms. The molecule has 1 aromatic heterocycles. The minimum Gasteiger partial charge on any atom is -0.372 e. The molecule has 2 atom stereocenters. The zero-order valence-electron chi connectivity index (χ0n) is 15.1. The van der Waals surface area contributed by atoms with E-state index in [1.807, 2.05) is 35.7 Å². The first-order valence-electron chi connectivity index (χ1n) is 9.37. The van der Waals surface area contributed by atoms with E-state index in [4.69, 9.17) is 0 Å². The Hall–Kier alpha value is -2.92. The Bertz CT molecular complexity index is 1060. The number of carbonyl (C=O) groups is 1. The SMILES string of the molecule is O=C1C[C@H](c2ccc(F)cc2)CC2=C1[C@H](c1cccs1)Nc1ccccc1N2. The number of allylic oxidation sites excluding steroid dienone is 1. The molecule has 2 N–H and O–H groups in total. The number of thiophene rings is 1. The highest BCUT2D eigenvalue weighted by atomic mass is 32.1. The largest absolute Gasteiger partial charge is 0.372 e. The van der Waals surface area contributed by atoms with Gasteiger partial charge in [0.15, 0.2) is 5.78 Å². The van der Waals surface area contributed by atoms with Crippen LogP contribution in [0.2, 0.25) is 0 Å². The maximum absolute atomic E-state index is 13.3. The minimum atomic E-state index is -0.255. The van der Waals surface area contributed by atoms with Crippen molar-refractivity contribution in [1.82, 2.24) is 0 Å². The lowest BCUT2D eigenvalue weighted by molar-refractivity contribution is -0.116. The molecule has 140 valence electrons. The molecule has 5 rings (SSSR count). The lowest BCUT2D eigenvalue weighted by Crippen LogP contribution is -2.26. The van der Waals surface area contributed by atoms with Crippen molar-refractivity contribution >= 4 is 28.5 Å². The Labute approximate surface area is 166 Å². The van der Waals surface area contributed by atoms with E-state index in [0.29, 0.717) is 6.42 Å². The molecule has 3 nitrogen and oxygen atoms in total. The number of para-hydroxylation sites is 2. The van der Waals surface area contributed by atoms with Crippen LogP contribution in [-0.2, 0) is 4.79 Å². The Kier molecular flexibility index (Phi) is 4.24. The standard InChI is InChI=1S/C23H19FN2OS/c24-16-9-7-14(8-10-16)15-12-19-22(20(27)13-15)23(21-6-3-11-28-21)26-18-5-2-1-4-17(18)25-19/h1-11,15,23,25-26H,12-13H2/t15-,23+/m1/s1. The van der Waals surface area contributed by atoms with E-state index < -0.39 is 0 Å². The van der Waals surface area contributed by atoms with E-state index in [1.54, 1.807) is 23.5 Å². The first-order valence-corrected chi connectivity index (χ1v) is 10.2. The van der Waals surface area contributed by atoms with Gasteiger partial charge in [0, 0.05) is 22.6 Å². The van der Waals surface area contributed by atoms with Gasteiger partial charge in [0.1, 0.15) is 5.82 Å². The summed E-state index contributed by atoms with van der Waals surface area (Å²) in [5.74, 6) is -0.0651. The Balaban J connectivity index is 1.59. The zero-order valence-corrected chi connectivity index (χ0v) is 15.9. The number of nitrogens with one attached hydrogen (secondary N) is 2. The summed E-state index contributed by atoms with van der Waals surface area (Å²) in [6.45, 7) is 0. The van der Waals surface area contributed by atoms with Gasteiger partial charge in [-0.3, -0.25) is 4.79 Å². The maximum Gasteiger partial charge on any atom is 0.163 e. The molecular formula is C23H19FN2OS. The number of hydrogen-bond donors (Lipinski definition) is 2. The number of fused-ring (bicyclic) bond motifs is 1. The number of halogens is 1. The number of benzene rings is 2. The van der Waals surface area contributed by atoms with E-state index in [1.165, 1.54) is 12.1 Å². The first kappa shape index (κ1) is 17.2. The first-order chi connectivity index (χ1) is 13.7. The molecule has 0 fully saturated rings. The van der Waals surface area contributed by atoms with Crippen LogP contribution >= 0.6 is 11.3 Å². The van der Waals surface area contributed by atoms with Gasteiger partial charge in [0.2, 0.25) is 0 Å². The average molecular weight is 390 g/mol. The summed E-state index contributed by atoms with van der Waals surface area (Å²) < 4.78 is 13.3. The van der Waals surface area contributed by atoms with Crippen molar-refractivity contribution in [2.45, 2.75) is 24.8 Å². The molecule has 0 radical (unpaired) electrons. The topological polar surface area (TPSA) is 41.1 Å². The van der Waals surface area contributed by atoms with E-state index in [-0.39, 0.29) is 23.6 Å². The number of hydrogen-bond acceptors (Lipinski definition) is 4. The molecule has 0 unspecified atom stereocenters. The molecule has 2 aromatic carbocycles. The predicted molar refractivity (Wildman–Crippen MR) is 111 cm³/mol. The van der Waals surface area contributed by atoms with Crippen molar-refractivity contribution in [3.05, 3.63) is 93.6 Å². The second-order valence-electron chi connectivity index (χ2n) is 7.24. The Morgan fingerprint density at radius 2 is 1.71 bits per heavy atom. The van der Waals surface area contributed by atoms with Crippen LogP contribution in [0, 0.1) is 5.82 Å². The van der Waals surface area contributed by atoms with Gasteiger partial charge in [-0.1, -0.05) is 30.3 Å². The molecule has 0 spiro atoms. The van der Waals surface area contributed by atoms with E-state index in [2.05, 4.69) is 16.7 Å². The van der Waals surface area contributed by atoms with Crippen LogP contribution in [0.25, 0.3) is 0 Å². The zero-order chi connectivity index (χ0) is 19.1. The number of rotatable bonds is 2. The number of ketones is 1. The average Bonchev–Trinajstić information content (AvgIpc) is 3.17. The van der Waals surface area contributed by atoms with Gasteiger partial charge in [-0.25, -0.2) is 4.39 Å².